The largest absolute Gasteiger partial charge is 0.381 e. The first-order valence-electron chi connectivity index (χ1n) is 5.84. The lowest BCUT2D eigenvalue weighted by atomic mass is 10.1. The van der Waals surface area contributed by atoms with Gasteiger partial charge in [0.05, 0.1) is 11.6 Å². The minimum Gasteiger partial charge on any atom is -0.381 e. The number of hydrogen-bond acceptors (Lipinski definition) is 3. The zero-order chi connectivity index (χ0) is 12.8. The van der Waals surface area contributed by atoms with Crippen LogP contribution in [0.4, 0.5) is 5.69 Å². The molecule has 0 saturated carbocycles. The maximum absolute atomic E-state index is 8.84. The van der Waals surface area contributed by atoms with E-state index in [9.17, 15) is 0 Å². The molecule has 0 aliphatic rings. The van der Waals surface area contributed by atoms with Gasteiger partial charge in [-0.25, -0.2) is 0 Å². The van der Waals surface area contributed by atoms with Crippen LogP contribution in [0.1, 0.15) is 16.7 Å². The first-order chi connectivity index (χ1) is 8.83. The maximum atomic E-state index is 8.84. The highest BCUT2D eigenvalue weighted by Crippen LogP contribution is 2.13. The fourth-order valence-corrected chi connectivity index (χ4v) is 1.83. The third kappa shape index (κ3) is 2.88. The Kier molecular flexibility index (Phi) is 3.95. The molecule has 0 bridgehead atoms. The highest BCUT2D eigenvalue weighted by Gasteiger charge is 2.00. The first-order valence-corrected chi connectivity index (χ1v) is 5.84. The maximum Gasteiger partial charge on any atom is 0.0992 e. The number of nitrogens with two attached hydrogens (primary N) is 1. The van der Waals surface area contributed by atoms with E-state index < -0.39 is 0 Å². The summed E-state index contributed by atoms with van der Waals surface area (Å²) in [5.41, 5.74) is 9.62. The molecule has 0 fully saturated rings. The van der Waals surface area contributed by atoms with Crippen molar-refractivity contribution in [3.63, 3.8) is 0 Å². The molecular formula is C15H15N3. The molecule has 0 aliphatic carbocycles. The molecule has 0 aliphatic heterocycles. The van der Waals surface area contributed by atoms with E-state index in [-0.39, 0.29) is 0 Å². The molecule has 0 spiro atoms. The van der Waals surface area contributed by atoms with Gasteiger partial charge in [0, 0.05) is 18.8 Å². The number of nitrogens with one attached hydrogen (secondary N) is 1. The lowest BCUT2D eigenvalue weighted by Gasteiger charge is -2.10. The molecule has 0 aromatic heterocycles. The van der Waals surface area contributed by atoms with E-state index in [2.05, 4.69) is 17.5 Å². The molecule has 2 rings (SSSR count). The normalized spacial score (nSPS) is 9.78. The van der Waals surface area contributed by atoms with Gasteiger partial charge in [0.1, 0.15) is 0 Å². The van der Waals surface area contributed by atoms with E-state index in [0.29, 0.717) is 18.7 Å². The van der Waals surface area contributed by atoms with E-state index >= 15 is 0 Å². The quantitative estimate of drug-likeness (QED) is 0.859. The van der Waals surface area contributed by atoms with Crippen molar-refractivity contribution in [2.45, 2.75) is 13.1 Å². The van der Waals surface area contributed by atoms with E-state index in [1.165, 1.54) is 5.56 Å². The second-order valence-corrected chi connectivity index (χ2v) is 4.02. The summed E-state index contributed by atoms with van der Waals surface area (Å²) in [6.45, 7) is 1.25. The van der Waals surface area contributed by atoms with Crippen molar-refractivity contribution in [3.05, 3.63) is 65.2 Å². The summed E-state index contributed by atoms with van der Waals surface area (Å²) >= 11 is 0. The van der Waals surface area contributed by atoms with Gasteiger partial charge in [-0.05, 0) is 29.3 Å². The Balaban J connectivity index is 2.09. The Hall–Kier alpha value is -2.31. The lowest BCUT2D eigenvalue weighted by molar-refractivity contribution is 1.01. The monoisotopic (exact) mass is 237 g/mol. The summed E-state index contributed by atoms with van der Waals surface area (Å²) in [5.74, 6) is 0. The van der Waals surface area contributed by atoms with Gasteiger partial charge in [-0.15, -0.1) is 0 Å². The minimum absolute atomic E-state index is 0.538. The molecule has 0 unspecified atom stereocenters. The predicted molar refractivity (Wildman–Crippen MR) is 72.8 cm³/mol. The Morgan fingerprint density at radius 1 is 1.06 bits per heavy atom. The smallest absolute Gasteiger partial charge is 0.0992 e. The van der Waals surface area contributed by atoms with E-state index in [1.807, 2.05) is 36.4 Å². The van der Waals surface area contributed by atoms with E-state index in [0.717, 1.165) is 11.3 Å². The average molecular weight is 237 g/mol. The number of rotatable bonds is 4. The fourth-order valence-electron chi connectivity index (χ4n) is 1.83. The summed E-state index contributed by atoms with van der Waals surface area (Å²) < 4.78 is 0. The molecule has 90 valence electrons. The Morgan fingerprint density at radius 2 is 1.83 bits per heavy atom. The standard InChI is InChI=1S/C15H15N3/c16-9-12-4-3-7-15(8-12)18-11-14-6-2-1-5-13(14)10-17/h1-8,18H,10-11,17H2. The van der Waals surface area contributed by atoms with Crippen molar-refractivity contribution in [3.8, 4) is 6.07 Å². The predicted octanol–water partition coefficient (Wildman–Crippen LogP) is 2.63. The minimum atomic E-state index is 0.538. The molecule has 3 heteroatoms. The van der Waals surface area contributed by atoms with Crippen LogP contribution >= 0.6 is 0 Å². The molecule has 3 nitrogen and oxygen atoms in total. The molecule has 0 amide bonds. The number of anilines is 1. The third-order valence-electron chi connectivity index (χ3n) is 2.81. The van der Waals surface area contributed by atoms with Crippen LogP contribution in [0.3, 0.4) is 0 Å². The van der Waals surface area contributed by atoms with Crippen molar-refractivity contribution < 1.29 is 0 Å². The first kappa shape index (κ1) is 12.2. The van der Waals surface area contributed by atoms with Gasteiger partial charge >= 0.3 is 0 Å². The number of nitrogens with zero attached hydrogens (tertiary/aromatic N) is 1. The second kappa shape index (κ2) is 5.85. The fraction of sp³-hybridized carbons (Fsp3) is 0.133. The molecule has 0 radical (unpaired) electrons. The van der Waals surface area contributed by atoms with Crippen molar-refractivity contribution in [2.75, 3.05) is 5.32 Å². The molecule has 18 heavy (non-hydrogen) atoms. The summed E-state index contributed by atoms with van der Waals surface area (Å²) in [4.78, 5) is 0. The van der Waals surface area contributed by atoms with Crippen LogP contribution in [-0.2, 0) is 13.1 Å². The van der Waals surface area contributed by atoms with Crippen LogP contribution in [0.25, 0.3) is 0 Å². The van der Waals surface area contributed by atoms with Crippen LogP contribution in [0, 0.1) is 11.3 Å². The van der Waals surface area contributed by atoms with Gasteiger partial charge in [-0.1, -0.05) is 30.3 Å². The molecular weight excluding hydrogens is 222 g/mol. The van der Waals surface area contributed by atoms with Crippen LogP contribution in [-0.4, -0.2) is 0 Å². The van der Waals surface area contributed by atoms with E-state index in [4.69, 9.17) is 11.0 Å². The van der Waals surface area contributed by atoms with Crippen LogP contribution in [0.5, 0.6) is 0 Å². The molecule has 2 aromatic rings. The van der Waals surface area contributed by atoms with Gasteiger partial charge in [0.15, 0.2) is 0 Å². The van der Waals surface area contributed by atoms with Crippen LogP contribution in [0.2, 0.25) is 0 Å². The Morgan fingerprint density at radius 3 is 2.56 bits per heavy atom. The van der Waals surface area contributed by atoms with Crippen LogP contribution < -0.4 is 11.1 Å². The van der Waals surface area contributed by atoms with Gasteiger partial charge in [-0.2, -0.15) is 5.26 Å². The van der Waals surface area contributed by atoms with Crippen molar-refractivity contribution in [2.24, 2.45) is 5.73 Å². The summed E-state index contributed by atoms with van der Waals surface area (Å²) in [6, 6.07) is 17.7. The van der Waals surface area contributed by atoms with Gasteiger partial charge < -0.3 is 11.1 Å². The van der Waals surface area contributed by atoms with Crippen molar-refractivity contribution in [1.29, 1.82) is 5.26 Å². The molecule has 2 aromatic carbocycles. The zero-order valence-electron chi connectivity index (χ0n) is 10.1. The number of nitriles is 1. The molecule has 3 N–H and O–H groups in total. The van der Waals surface area contributed by atoms with Crippen molar-refractivity contribution >= 4 is 5.69 Å². The van der Waals surface area contributed by atoms with Crippen LogP contribution in [0.15, 0.2) is 48.5 Å². The highest BCUT2D eigenvalue weighted by atomic mass is 14.9. The van der Waals surface area contributed by atoms with Gasteiger partial charge in [0.25, 0.3) is 0 Å². The summed E-state index contributed by atoms with van der Waals surface area (Å²) in [5, 5.41) is 12.1. The molecule has 0 saturated heterocycles. The topological polar surface area (TPSA) is 61.8 Å². The van der Waals surface area contributed by atoms with E-state index in [1.54, 1.807) is 6.07 Å². The lowest BCUT2D eigenvalue weighted by Crippen LogP contribution is -2.06. The number of benzene rings is 2. The summed E-state index contributed by atoms with van der Waals surface area (Å²) in [7, 11) is 0. The van der Waals surface area contributed by atoms with Gasteiger partial charge in [0.2, 0.25) is 0 Å². The highest BCUT2D eigenvalue weighted by molar-refractivity contribution is 5.49. The average Bonchev–Trinajstić information content (AvgIpc) is 2.45. The number of hydrogen-bond donors (Lipinski definition) is 2. The summed E-state index contributed by atoms with van der Waals surface area (Å²) in [6.07, 6.45) is 0. The Labute approximate surface area is 107 Å². The van der Waals surface area contributed by atoms with Crippen molar-refractivity contribution in [1.82, 2.24) is 0 Å². The Bertz CT molecular complexity index is 570. The molecule has 0 atom stereocenters. The second-order valence-electron chi connectivity index (χ2n) is 4.02. The molecule has 0 heterocycles. The SMILES string of the molecule is N#Cc1cccc(NCc2ccccc2CN)c1. The third-order valence-corrected chi connectivity index (χ3v) is 2.81. The van der Waals surface area contributed by atoms with Gasteiger partial charge in [-0.3, -0.25) is 0 Å². The zero-order valence-corrected chi connectivity index (χ0v) is 10.1.